The molecule has 5 nitrogen and oxygen atoms in total. The molecule has 0 saturated carbocycles. The van der Waals surface area contributed by atoms with Crippen molar-refractivity contribution in [1.82, 2.24) is 9.97 Å². The predicted molar refractivity (Wildman–Crippen MR) is 42.8 cm³/mol. The number of nitrogens with one attached hydrogen (secondary N) is 1. The van der Waals surface area contributed by atoms with E-state index in [1.54, 1.807) is 13.8 Å². The second-order valence-electron chi connectivity index (χ2n) is 2.48. The van der Waals surface area contributed by atoms with Gasteiger partial charge in [-0.25, -0.2) is 4.98 Å². The molecule has 0 unspecified atom stereocenters. The highest BCUT2D eigenvalue weighted by molar-refractivity contribution is 5.93. The number of aromatic amines is 1. The number of primary amides is 1. The smallest absolute Gasteiger partial charge is 0.264 e. The summed E-state index contributed by atoms with van der Waals surface area (Å²) in [6, 6.07) is 0. The molecule has 1 heterocycles. The highest BCUT2D eigenvalue weighted by Gasteiger charge is 2.11. The topological polar surface area (TPSA) is 88.8 Å². The minimum Gasteiger partial charge on any atom is -0.365 e. The summed E-state index contributed by atoms with van der Waals surface area (Å²) in [6.45, 7) is 3.21. The van der Waals surface area contributed by atoms with E-state index in [2.05, 4.69) is 9.97 Å². The first kappa shape index (κ1) is 8.45. The minimum absolute atomic E-state index is 0.0689. The van der Waals surface area contributed by atoms with Crippen LogP contribution in [0, 0.1) is 13.8 Å². The van der Waals surface area contributed by atoms with Gasteiger partial charge in [0.05, 0.1) is 5.69 Å². The van der Waals surface area contributed by atoms with E-state index in [4.69, 9.17) is 5.73 Å². The third-order valence-electron chi connectivity index (χ3n) is 1.47. The molecule has 0 aliphatic carbocycles. The first-order valence-corrected chi connectivity index (χ1v) is 3.39. The lowest BCUT2D eigenvalue weighted by Crippen LogP contribution is -2.26. The van der Waals surface area contributed by atoms with Crippen molar-refractivity contribution in [2.45, 2.75) is 13.8 Å². The van der Waals surface area contributed by atoms with E-state index in [-0.39, 0.29) is 5.56 Å². The normalized spacial score (nSPS) is 9.83. The largest absolute Gasteiger partial charge is 0.365 e. The Hall–Kier alpha value is -1.65. The standard InChI is InChI=1S/C7H9N3O2/c1-3-5(6(8)11)7(12)10-4(2)9-3/h1-2H3,(H2,8,11)(H,9,10,12). The van der Waals surface area contributed by atoms with Gasteiger partial charge in [0.2, 0.25) is 0 Å². The Morgan fingerprint density at radius 2 is 2.08 bits per heavy atom. The van der Waals surface area contributed by atoms with Crippen LogP contribution in [-0.2, 0) is 0 Å². The van der Waals surface area contributed by atoms with Crippen LogP contribution in [0.5, 0.6) is 0 Å². The van der Waals surface area contributed by atoms with Crippen molar-refractivity contribution in [2.75, 3.05) is 0 Å². The lowest BCUT2D eigenvalue weighted by atomic mass is 10.2. The molecular weight excluding hydrogens is 158 g/mol. The van der Waals surface area contributed by atoms with Gasteiger partial charge in [-0.2, -0.15) is 0 Å². The van der Waals surface area contributed by atoms with Crippen LogP contribution in [0.25, 0.3) is 0 Å². The zero-order valence-corrected chi connectivity index (χ0v) is 6.84. The third-order valence-corrected chi connectivity index (χ3v) is 1.47. The van der Waals surface area contributed by atoms with E-state index in [9.17, 15) is 9.59 Å². The summed E-state index contributed by atoms with van der Waals surface area (Å²) in [4.78, 5) is 28.1. The molecule has 1 aromatic heterocycles. The maximum Gasteiger partial charge on any atom is 0.264 e. The van der Waals surface area contributed by atoms with Gasteiger partial charge in [0.25, 0.3) is 11.5 Å². The Morgan fingerprint density at radius 3 is 2.50 bits per heavy atom. The van der Waals surface area contributed by atoms with E-state index < -0.39 is 11.5 Å². The van der Waals surface area contributed by atoms with Gasteiger partial charge in [-0.05, 0) is 13.8 Å². The van der Waals surface area contributed by atoms with Crippen molar-refractivity contribution in [1.29, 1.82) is 0 Å². The van der Waals surface area contributed by atoms with Gasteiger partial charge in [-0.1, -0.05) is 0 Å². The fourth-order valence-corrected chi connectivity index (χ4v) is 1.02. The number of hydrogen-bond acceptors (Lipinski definition) is 3. The molecule has 1 aromatic rings. The quantitative estimate of drug-likeness (QED) is 0.590. The maximum atomic E-state index is 11.1. The van der Waals surface area contributed by atoms with E-state index in [1.807, 2.05) is 0 Å². The Morgan fingerprint density at radius 1 is 1.50 bits per heavy atom. The third kappa shape index (κ3) is 1.34. The summed E-state index contributed by atoms with van der Waals surface area (Å²) in [5.74, 6) is -0.274. The van der Waals surface area contributed by atoms with Crippen LogP contribution in [0.4, 0.5) is 0 Å². The Balaban J connectivity index is 3.49. The summed E-state index contributed by atoms with van der Waals surface area (Å²) in [6.07, 6.45) is 0. The second-order valence-corrected chi connectivity index (χ2v) is 2.48. The van der Waals surface area contributed by atoms with E-state index >= 15 is 0 Å². The summed E-state index contributed by atoms with van der Waals surface area (Å²) >= 11 is 0. The lowest BCUT2D eigenvalue weighted by Gasteiger charge is -1.99. The number of carbonyl (C=O) groups is 1. The fourth-order valence-electron chi connectivity index (χ4n) is 1.02. The van der Waals surface area contributed by atoms with Crippen molar-refractivity contribution in [3.05, 3.63) is 27.4 Å². The van der Waals surface area contributed by atoms with Crippen LogP contribution in [0.2, 0.25) is 0 Å². The molecule has 0 saturated heterocycles. The lowest BCUT2D eigenvalue weighted by molar-refractivity contribution is 0.0998. The summed E-state index contributed by atoms with van der Waals surface area (Å²) in [7, 11) is 0. The molecule has 1 rings (SSSR count). The molecule has 12 heavy (non-hydrogen) atoms. The highest BCUT2D eigenvalue weighted by atomic mass is 16.2. The van der Waals surface area contributed by atoms with Gasteiger partial charge >= 0.3 is 0 Å². The number of H-pyrrole nitrogens is 1. The monoisotopic (exact) mass is 167 g/mol. The van der Waals surface area contributed by atoms with E-state index in [0.29, 0.717) is 11.5 Å². The molecule has 5 heteroatoms. The SMILES string of the molecule is Cc1nc(C)c(C(N)=O)c(=O)[nH]1. The Kier molecular flexibility index (Phi) is 1.95. The predicted octanol–water partition coefficient (Wildman–Crippen LogP) is -0.514. The van der Waals surface area contributed by atoms with Crippen molar-refractivity contribution in [2.24, 2.45) is 5.73 Å². The molecular formula is C7H9N3O2. The molecule has 0 aliphatic rings. The molecule has 0 aromatic carbocycles. The number of aryl methyl sites for hydroxylation is 2. The molecule has 3 N–H and O–H groups in total. The van der Waals surface area contributed by atoms with Gasteiger partial charge in [-0.3, -0.25) is 9.59 Å². The van der Waals surface area contributed by atoms with Crippen LogP contribution in [-0.4, -0.2) is 15.9 Å². The number of hydrogen-bond donors (Lipinski definition) is 2. The molecule has 0 spiro atoms. The van der Waals surface area contributed by atoms with Gasteiger partial charge in [0, 0.05) is 0 Å². The fraction of sp³-hybridized carbons (Fsp3) is 0.286. The van der Waals surface area contributed by atoms with Crippen LogP contribution in [0.3, 0.4) is 0 Å². The Bertz CT molecular complexity index is 381. The zero-order chi connectivity index (χ0) is 9.30. The molecule has 0 atom stereocenters. The number of amides is 1. The van der Waals surface area contributed by atoms with Crippen LogP contribution < -0.4 is 11.3 Å². The molecule has 0 fully saturated rings. The van der Waals surface area contributed by atoms with Gasteiger partial charge in [-0.15, -0.1) is 0 Å². The van der Waals surface area contributed by atoms with Gasteiger partial charge in [0.1, 0.15) is 11.4 Å². The Labute approximate surface area is 68.6 Å². The number of nitrogens with zero attached hydrogens (tertiary/aromatic N) is 1. The molecule has 64 valence electrons. The molecule has 0 radical (unpaired) electrons. The average molecular weight is 167 g/mol. The first-order chi connectivity index (χ1) is 5.52. The summed E-state index contributed by atoms with van der Waals surface area (Å²) in [5, 5.41) is 0. The van der Waals surface area contributed by atoms with Crippen LogP contribution in [0.1, 0.15) is 21.9 Å². The summed E-state index contributed by atoms with van der Waals surface area (Å²) < 4.78 is 0. The van der Waals surface area contributed by atoms with Crippen LogP contribution in [0.15, 0.2) is 4.79 Å². The van der Waals surface area contributed by atoms with Gasteiger partial charge < -0.3 is 10.7 Å². The number of carbonyl (C=O) groups excluding carboxylic acids is 1. The van der Waals surface area contributed by atoms with Crippen molar-refractivity contribution in [3.8, 4) is 0 Å². The van der Waals surface area contributed by atoms with Crippen molar-refractivity contribution < 1.29 is 4.79 Å². The number of rotatable bonds is 1. The van der Waals surface area contributed by atoms with E-state index in [1.165, 1.54) is 0 Å². The van der Waals surface area contributed by atoms with Gasteiger partial charge in [0.15, 0.2) is 0 Å². The average Bonchev–Trinajstić information content (AvgIpc) is 1.82. The van der Waals surface area contributed by atoms with E-state index in [0.717, 1.165) is 0 Å². The molecule has 1 amide bonds. The maximum absolute atomic E-state index is 11.1. The van der Waals surface area contributed by atoms with Crippen molar-refractivity contribution in [3.63, 3.8) is 0 Å². The number of aromatic nitrogens is 2. The first-order valence-electron chi connectivity index (χ1n) is 3.39. The highest BCUT2D eigenvalue weighted by Crippen LogP contribution is 1.96. The van der Waals surface area contributed by atoms with Crippen molar-refractivity contribution >= 4 is 5.91 Å². The van der Waals surface area contributed by atoms with Crippen LogP contribution >= 0.6 is 0 Å². The zero-order valence-electron chi connectivity index (χ0n) is 6.84. The summed E-state index contributed by atoms with van der Waals surface area (Å²) in [5.41, 5.74) is 4.78. The second kappa shape index (κ2) is 2.77. The number of nitrogens with two attached hydrogens (primary N) is 1. The molecule has 0 bridgehead atoms. The minimum atomic E-state index is -0.749. The molecule has 0 aliphatic heterocycles.